The molecular weight excluding hydrogens is 753 g/mol. The zero-order valence-electron chi connectivity index (χ0n) is 34.3. The van der Waals surface area contributed by atoms with E-state index in [1.165, 1.54) is 29.6 Å². The smallest absolute Gasteiger partial charge is 0.261 e. The number of benzene rings is 3. The Balaban J connectivity index is 0.000000204. The largest absolute Gasteiger partial charge is 0.375 e. The normalized spacial score (nSPS) is 22.7. The zero-order chi connectivity index (χ0) is 42.2. The Kier molecular flexibility index (Phi) is 13.8. The van der Waals surface area contributed by atoms with Crippen LogP contribution in [0.15, 0.2) is 88.8 Å². The van der Waals surface area contributed by atoms with Gasteiger partial charge < -0.3 is 36.9 Å². The van der Waals surface area contributed by atoms with Gasteiger partial charge in [0.1, 0.15) is 13.2 Å². The number of nitrogens with one attached hydrogen (secondary N) is 3. The number of hydrogen-bond donors (Lipinski definition) is 5. The van der Waals surface area contributed by atoms with Crippen molar-refractivity contribution in [3.05, 3.63) is 95.6 Å². The van der Waals surface area contributed by atoms with Gasteiger partial charge in [0.2, 0.25) is 11.8 Å². The molecule has 4 aliphatic heterocycles. The Morgan fingerprint density at radius 1 is 0.712 bits per heavy atom. The molecule has 4 aliphatic rings. The number of aliphatic imine (C=N–C) groups is 2. The van der Waals surface area contributed by atoms with E-state index in [9.17, 15) is 19.2 Å². The van der Waals surface area contributed by atoms with E-state index in [1.807, 2.05) is 42.5 Å². The van der Waals surface area contributed by atoms with Gasteiger partial charge in [-0.15, -0.1) is 0 Å². The van der Waals surface area contributed by atoms with E-state index < -0.39 is 11.1 Å². The fourth-order valence-electron chi connectivity index (χ4n) is 8.62. The van der Waals surface area contributed by atoms with Crippen LogP contribution in [0, 0.1) is 11.8 Å². The molecule has 2 fully saturated rings. The summed E-state index contributed by atoms with van der Waals surface area (Å²) in [5, 5.41) is 8.93. The highest BCUT2D eigenvalue weighted by Crippen LogP contribution is 2.46. The number of likely N-dealkylation sites (tertiary alicyclic amines) is 1. The number of piperidine rings is 2. The standard InChI is InChI=1S/C25H31N5O3.C18H25N5O3/c1-29-23(32)25(28-24(29)26,20-9-6-10-21(15-20)27-22(31)17-33-2)19-11-13-30(14-12-19)16-18-7-4-3-5-8-18;1-23-16(25)18(22-17(23)19,12-6-8-20-9-7-12)13-4-3-5-14(10-13)21-15(24)11-26-2/h3-10,15,19H,11-14,16-17H2,1-2H3,(H2,26,28)(H,27,31);3-5,10,12,20H,6-9,11H2,1-2H3,(H2,19,22)(H,21,24). The first-order chi connectivity index (χ1) is 28.4. The van der Waals surface area contributed by atoms with Crippen LogP contribution in [0.1, 0.15) is 42.4 Å². The van der Waals surface area contributed by atoms with Gasteiger partial charge in [-0.1, -0.05) is 54.6 Å². The maximum absolute atomic E-state index is 13.6. The first kappa shape index (κ1) is 42.9. The Labute approximate surface area is 345 Å². The Morgan fingerprint density at radius 3 is 1.59 bits per heavy atom. The maximum atomic E-state index is 13.6. The molecule has 4 heterocycles. The summed E-state index contributed by atoms with van der Waals surface area (Å²) in [5.41, 5.74) is 14.0. The van der Waals surface area contributed by atoms with E-state index in [1.54, 1.807) is 26.2 Å². The quantitative estimate of drug-likeness (QED) is 0.181. The second-order valence-corrected chi connectivity index (χ2v) is 15.4. The molecule has 0 spiro atoms. The number of methoxy groups -OCH3 is 2. The monoisotopic (exact) mass is 808 g/mol. The zero-order valence-corrected chi connectivity index (χ0v) is 34.3. The Hall–Kier alpha value is -5.68. The fraction of sp³-hybridized carbons (Fsp3) is 0.442. The summed E-state index contributed by atoms with van der Waals surface area (Å²) in [6.45, 7) is 4.24. The molecule has 4 amide bonds. The van der Waals surface area contributed by atoms with Crippen LogP contribution in [0.3, 0.4) is 0 Å². The molecule has 2 saturated heterocycles. The first-order valence-corrected chi connectivity index (χ1v) is 20.0. The van der Waals surface area contributed by atoms with Crippen molar-refractivity contribution in [2.45, 2.75) is 43.3 Å². The molecule has 3 aromatic carbocycles. The van der Waals surface area contributed by atoms with Crippen molar-refractivity contribution in [2.75, 3.05) is 78.3 Å². The number of amides is 4. The predicted molar refractivity (Wildman–Crippen MR) is 226 cm³/mol. The molecular formula is C43H56N10O6. The molecule has 16 nitrogen and oxygen atoms in total. The molecule has 3 aromatic rings. The minimum atomic E-state index is -1.08. The lowest BCUT2D eigenvalue weighted by atomic mass is 9.73. The van der Waals surface area contributed by atoms with Gasteiger partial charge in [-0.05, 0) is 105 Å². The van der Waals surface area contributed by atoms with Crippen LogP contribution in [0.25, 0.3) is 0 Å². The molecule has 16 heteroatoms. The van der Waals surface area contributed by atoms with Crippen molar-refractivity contribution in [1.82, 2.24) is 20.0 Å². The van der Waals surface area contributed by atoms with E-state index in [2.05, 4.69) is 50.1 Å². The molecule has 0 saturated carbocycles. The predicted octanol–water partition coefficient (Wildman–Crippen LogP) is 2.42. The van der Waals surface area contributed by atoms with E-state index in [4.69, 9.17) is 25.9 Å². The van der Waals surface area contributed by atoms with Crippen LogP contribution in [0.5, 0.6) is 0 Å². The maximum Gasteiger partial charge on any atom is 0.261 e. The van der Waals surface area contributed by atoms with E-state index in [0.717, 1.165) is 69.5 Å². The van der Waals surface area contributed by atoms with Crippen molar-refractivity contribution >= 4 is 46.9 Å². The van der Waals surface area contributed by atoms with Crippen LogP contribution in [0.4, 0.5) is 11.4 Å². The Bertz CT molecular complexity index is 2050. The average molecular weight is 809 g/mol. The lowest BCUT2D eigenvalue weighted by molar-refractivity contribution is -0.134. The summed E-state index contributed by atoms with van der Waals surface area (Å²) in [7, 11) is 6.25. The van der Waals surface area contributed by atoms with Gasteiger partial charge in [0.05, 0.1) is 0 Å². The van der Waals surface area contributed by atoms with Crippen molar-refractivity contribution in [3.63, 3.8) is 0 Å². The van der Waals surface area contributed by atoms with Gasteiger partial charge in [-0.2, -0.15) is 0 Å². The number of ether oxygens (including phenoxy) is 2. The SMILES string of the molecule is COCC(=O)Nc1cccc(C2(C3CCN(Cc4ccccc4)CC3)N=C(N)N(C)C2=O)c1.COCC(=O)Nc1cccc(C2(C3CCNCC3)N=C(N)N(C)C2=O)c1. The highest BCUT2D eigenvalue weighted by atomic mass is 16.5. The Morgan fingerprint density at radius 2 is 1.17 bits per heavy atom. The number of carbonyl (C=O) groups excluding carboxylic acids is 4. The summed E-state index contributed by atoms with van der Waals surface area (Å²) < 4.78 is 9.75. The molecule has 0 aliphatic carbocycles. The van der Waals surface area contributed by atoms with Gasteiger partial charge in [0.25, 0.3) is 11.8 Å². The summed E-state index contributed by atoms with van der Waals surface area (Å²) in [5.74, 6) is -0.253. The molecule has 0 radical (unpaired) electrons. The van der Waals surface area contributed by atoms with E-state index in [0.29, 0.717) is 11.4 Å². The van der Waals surface area contributed by atoms with Crippen LogP contribution in [0.2, 0.25) is 0 Å². The van der Waals surface area contributed by atoms with Crippen molar-refractivity contribution in [2.24, 2.45) is 33.3 Å². The summed E-state index contributed by atoms with van der Waals surface area (Å²) in [4.78, 5) is 65.2. The van der Waals surface area contributed by atoms with Gasteiger partial charge in [-0.25, -0.2) is 9.98 Å². The molecule has 7 rings (SSSR count). The molecule has 0 aromatic heterocycles. The van der Waals surface area contributed by atoms with Crippen molar-refractivity contribution in [3.8, 4) is 0 Å². The third kappa shape index (κ3) is 9.15. The topological polar surface area (TPSA) is 209 Å². The number of anilines is 2. The van der Waals surface area contributed by atoms with E-state index >= 15 is 0 Å². The van der Waals surface area contributed by atoms with Gasteiger partial charge in [0.15, 0.2) is 23.0 Å². The summed E-state index contributed by atoms with van der Waals surface area (Å²) in [6.07, 6.45) is 3.31. The summed E-state index contributed by atoms with van der Waals surface area (Å²) in [6, 6.07) is 25.1. The number of likely N-dealkylation sites (N-methyl/N-ethyl adjacent to an activating group) is 2. The minimum absolute atomic E-state index is 0.00505. The molecule has 314 valence electrons. The number of hydrogen-bond acceptors (Lipinski definition) is 12. The lowest BCUT2D eigenvalue weighted by Crippen LogP contribution is -2.48. The van der Waals surface area contributed by atoms with Gasteiger partial charge in [-0.3, -0.25) is 33.9 Å². The van der Waals surface area contributed by atoms with Crippen LogP contribution < -0.4 is 27.4 Å². The highest BCUT2D eigenvalue weighted by Gasteiger charge is 2.55. The number of nitrogens with two attached hydrogens (primary N) is 2. The van der Waals surface area contributed by atoms with Crippen LogP contribution >= 0.6 is 0 Å². The third-order valence-electron chi connectivity index (χ3n) is 11.6. The molecule has 7 N–H and O–H groups in total. The molecule has 59 heavy (non-hydrogen) atoms. The first-order valence-electron chi connectivity index (χ1n) is 20.0. The second kappa shape index (κ2) is 18.9. The van der Waals surface area contributed by atoms with Crippen LogP contribution in [-0.2, 0) is 46.3 Å². The van der Waals surface area contributed by atoms with Gasteiger partial charge in [0, 0.05) is 46.2 Å². The third-order valence-corrected chi connectivity index (χ3v) is 11.6. The average Bonchev–Trinajstić information content (AvgIpc) is 3.62. The molecule has 2 unspecified atom stereocenters. The van der Waals surface area contributed by atoms with Crippen LogP contribution in [-0.4, -0.2) is 118 Å². The number of nitrogens with zero attached hydrogens (tertiary/aromatic N) is 5. The number of rotatable bonds is 12. The minimum Gasteiger partial charge on any atom is -0.375 e. The highest BCUT2D eigenvalue weighted by molar-refractivity contribution is 6.08. The lowest BCUT2D eigenvalue weighted by Gasteiger charge is -2.40. The molecule has 2 atom stereocenters. The molecule has 0 bridgehead atoms. The van der Waals surface area contributed by atoms with E-state index in [-0.39, 0.29) is 60.6 Å². The number of carbonyl (C=O) groups is 4. The van der Waals surface area contributed by atoms with Gasteiger partial charge >= 0.3 is 0 Å². The number of guanidine groups is 2. The fourth-order valence-corrected chi connectivity index (χ4v) is 8.62. The second-order valence-electron chi connectivity index (χ2n) is 15.4. The van der Waals surface area contributed by atoms with Crippen molar-refractivity contribution in [1.29, 1.82) is 0 Å². The summed E-state index contributed by atoms with van der Waals surface area (Å²) >= 11 is 0. The van der Waals surface area contributed by atoms with Crippen molar-refractivity contribution < 1.29 is 28.7 Å².